The SMILES string of the molecule is Cc1ccc2c(c1)-c1c(cnn1CC(=O)NCc1ccc(Cl)cc1)CO2. The van der Waals surface area contributed by atoms with Gasteiger partial charge in [-0.25, -0.2) is 0 Å². The number of carbonyl (C=O) groups excluding carboxylic acids is 1. The van der Waals surface area contributed by atoms with Crippen LogP contribution in [0.2, 0.25) is 5.02 Å². The fourth-order valence-corrected chi connectivity index (χ4v) is 3.19. The first-order valence-corrected chi connectivity index (χ1v) is 8.77. The van der Waals surface area contributed by atoms with Gasteiger partial charge < -0.3 is 10.1 Å². The van der Waals surface area contributed by atoms with E-state index in [4.69, 9.17) is 16.3 Å². The van der Waals surface area contributed by atoms with Gasteiger partial charge in [-0.2, -0.15) is 5.10 Å². The molecule has 0 saturated heterocycles. The lowest BCUT2D eigenvalue weighted by Gasteiger charge is -2.19. The molecule has 1 N–H and O–H groups in total. The summed E-state index contributed by atoms with van der Waals surface area (Å²) in [5.41, 5.74) is 5.07. The molecule has 5 nitrogen and oxygen atoms in total. The molecule has 0 unspecified atom stereocenters. The summed E-state index contributed by atoms with van der Waals surface area (Å²) in [5, 5.41) is 8.00. The van der Waals surface area contributed by atoms with Crippen molar-refractivity contribution in [3.63, 3.8) is 0 Å². The van der Waals surface area contributed by atoms with E-state index in [0.29, 0.717) is 18.2 Å². The number of nitrogens with one attached hydrogen (secondary N) is 1. The third kappa shape index (κ3) is 3.30. The third-order valence-corrected chi connectivity index (χ3v) is 4.64. The number of nitrogens with zero attached hydrogens (tertiary/aromatic N) is 2. The number of hydrogen-bond donors (Lipinski definition) is 1. The lowest BCUT2D eigenvalue weighted by atomic mass is 10.0. The first-order valence-electron chi connectivity index (χ1n) is 8.40. The fourth-order valence-electron chi connectivity index (χ4n) is 3.07. The number of amides is 1. The van der Waals surface area contributed by atoms with Crippen LogP contribution < -0.4 is 10.1 Å². The van der Waals surface area contributed by atoms with Gasteiger partial charge in [-0.15, -0.1) is 0 Å². The number of aromatic nitrogens is 2. The Kier molecular flexibility index (Phi) is 4.39. The van der Waals surface area contributed by atoms with Crippen molar-refractivity contribution in [1.29, 1.82) is 0 Å². The van der Waals surface area contributed by atoms with Gasteiger partial charge in [-0.3, -0.25) is 9.48 Å². The lowest BCUT2D eigenvalue weighted by molar-refractivity contribution is -0.122. The first kappa shape index (κ1) is 16.7. The van der Waals surface area contributed by atoms with Crippen molar-refractivity contribution in [3.8, 4) is 17.0 Å². The number of fused-ring (bicyclic) bond motifs is 3. The van der Waals surface area contributed by atoms with Crippen LogP contribution >= 0.6 is 11.6 Å². The maximum Gasteiger partial charge on any atom is 0.242 e. The molecule has 6 heteroatoms. The molecule has 4 rings (SSSR count). The Labute approximate surface area is 156 Å². The van der Waals surface area contributed by atoms with Crippen molar-refractivity contribution < 1.29 is 9.53 Å². The second kappa shape index (κ2) is 6.84. The summed E-state index contributed by atoms with van der Waals surface area (Å²) >= 11 is 5.88. The van der Waals surface area contributed by atoms with Gasteiger partial charge in [0.1, 0.15) is 18.9 Å². The Balaban J connectivity index is 1.50. The Morgan fingerprint density at radius 1 is 1.27 bits per heavy atom. The number of halogens is 1. The molecule has 26 heavy (non-hydrogen) atoms. The Bertz CT molecular complexity index is 964. The highest BCUT2D eigenvalue weighted by atomic mass is 35.5. The van der Waals surface area contributed by atoms with Gasteiger partial charge in [0.15, 0.2) is 0 Å². The van der Waals surface area contributed by atoms with E-state index in [2.05, 4.69) is 16.5 Å². The van der Waals surface area contributed by atoms with Crippen LogP contribution in [0, 0.1) is 6.92 Å². The topological polar surface area (TPSA) is 56.2 Å². The molecule has 1 aliphatic heterocycles. The average molecular weight is 368 g/mol. The summed E-state index contributed by atoms with van der Waals surface area (Å²) in [6.07, 6.45) is 1.77. The predicted octanol–water partition coefficient (Wildman–Crippen LogP) is 3.72. The van der Waals surface area contributed by atoms with Crippen LogP contribution in [0.5, 0.6) is 5.75 Å². The highest BCUT2D eigenvalue weighted by molar-refractivity contribution is 6.30. The molecule has 1 aromatic heterocycles. The minimum atomic E-state index is -0.0912. The van der Waals surface area contributed by atoms with E-state index in [1.165, 1.54) is 0 Å². The quantitative estimate of drug-likeness (QED) is 0.764. The monoisotopic (exact) mass is 367 g/mol. The first-order chi connectivity index (χ1) is 12.6. The molecule has 0 spiro atoms. The number of aryl methyl sites for hydroxylation is 1. The van der Waals surface area contributed by atoms with Crippen molar-refractivity contribution in [2.24, 2.45) is 0 Å². The van der Waals surface area contributed by atoms with E-state index < -0.39 is 0 Å². The Hall–Kier alpha value is -2.79. The van der Waals surface area contributed by atoms with Crippen LogP contribution in [0.15, 0.2) is 48.7 Å². The lowest BCUT2D eigenvalue weighted by Crippen LogP contribution is -2.28. The van der Waals surface area contributed by atoms with E-state index >= 15 is 0 Å². The molecule has 0 radical (unpaired) electrons. The summed E-state index contributed by atoms with van der Waals surface area (Å²) in [5.74, 6) is 0.734. The van der Waals surface area contributed by atoms with Crippen molar-refractivity contribution in [2.45, 2.75) is 26.6 Å². The van der Waals surface area contributed by atoms with Crippen molar-refractivity contribution in [1.82, 2.24) is 15.1 Å². The summed E-state index contributed by atoms with van der Waals surface area (Å²) in [7, 11) is 0. The number of ether oxygens (including phenoxy) is 1. The zero-order chi connectivity index (χ0) is 18.1. The van der Waals surface area contributed by atoms with E-state index in [1.54, 1.807) is 10.9 Å². The van der Waals surface area contributed by atoms with Crippen molar-refractivity contribution in [2.75, 3.05) is 0 Å². The summed E-state index contributed by atoms with van der Waals surface area (Å²) in [4.78, 5) is 12.4. The van der Waals surface area contributed by atoms with Gasteiger partial charge in [0.25, 0.3) is 0 Å². The summed E-state index contributed by atoms with van der Waals surface area (Å²) in [6.45, 7) is 3.13. The Morgan fingerprint density at radius 3 is 2.88 bits per heavy atom. The number of carbonyl (C=O) groups is 1. The highest BCUT2D eigenvalue weighted by Crippen LogP contribution is 2.37. The maximum atomic E-state index is 12.4. The Morgan fingerprint density at radius 2 is 2.08 bits per heavy atom. The molecular formula is C20H18ClN3O2. The molecular weight excluding hydrogens is 350 g/mol. The van der Waals surface area contributed by atoms with E-state index in [9.17, 15) is 4.79 Å². The van der Waals surface area contributed by atoms with Crippen LogP contribution in [0.4, 0.5) is 0 Å². The molecule has 0 atom stereocenters. The van der Waals surface area contributed by atoms with Crippen molar-refractivity contribution in [3.05, 3.63) is 70.4 Å². The van der Waals surface area contributed by atoms with E-state index in [0.717, 1.165) is 33.7 Å². The molecule has 0 aliphatic carbocycles. The van der Waals surface area contributed by atoms with E-state index in [-0.39, 0.29) is 12.5 Å². The molecule has 1 aliphatic rings. The molecule has 0 bridgehead atoms. The molecule has 0 fully saturated rings. The fraction of sp³-hybridized carbons (Fsp3) is 0.200. The van der Waals surface area contributed by atoms with Gasteiger partial charge in [0, 0.05) is 22.7 Å². The minimum absolute atomic E-state index is 0.0912. The van der Waals surface area contributed by atoms with Gasteiger partial charge in [0.2, 0.25) is 5.91 Å². The molecule has 3 aromatic rings. The largest absolute Gasteiger partial charge is 0.488 e. The number of rotatable bonds is 4. The molecule has 0 saturated carbocycles. The third-order valence-electron chi connectivity index (χ3n) is 4.38. The normalized spacial score (nSPS) is 12.1. The van der Waals surface area contributed by atoms with Gasteiger partial charge >= 0.3 is 0 Å². The zero-order valence-corrected chi connectivity index (χ0v) is 15.1. The number of benzene rings is 2. The van der Waals surface area contributed by atoms with Crippen LogP contribution in [-0.2, 0) is 24.5 Å². The summed E-state index contributed by atoms with van der Waals surface area (Å²) < 4.78 is 7.52. The highest BCUT2D eigenvalue weighted by Gasteiger charge is 2.23. The van der Waals surface area contributed by atoms with Crippen LogP contribution in [0.1, 0.15) is 16.7 Å². The molecule has 132 valence electrons. The summed E-state index contributed by atoms with van der Waals surface area (Å²) in [6, 6.07) is 13.5. The van der Waals surface area contributed by atoms with Crippen molar-refractivity contribution >= 4 is 17.5 Å². The van der Waals surface area contributed by atoms with E-state index in [1.807, 2.05) is 43.3 Å². The van der Waals surface area contributed by atoms with Crippen LogP contribution in [0.25, 0.3) is 11.3 Å². The standard InChI is InChI=1S/C20H18ClN3O2/c1-13-2-7-18-17(8-13)20-15(12-26-18)10-23-24(20)11-19(25)22-9-14-3-5-16(21)6-4-14/h2-8,10H,9,11-12H2,1H3,(H,22,25). The van der Waals surface area contributed by atoms with Crippen LogP contribution in [-0.4, -0.2) is 15.7 Å². The predicted molar refractivity (Wildman–Crippen MR) is 100 cm³/mol. The second-order valence-corrected chi connectivity index (χ2v) is 6.80. The van der Waals surface area contributed by atoms with Gasteiger partial charge in [0.05, 0.1) is 11.9 Å². The smallest absolute Gasteiger partial charge is 0.242 e. The molecule has 2 heterocycles. The average Bonchev–Trinajstić information content (AvgIpc) is 3.04. The van der Waals surface area contributed by atoms with Crippen LogP contribution in [0.3, 0.4) is 0 Å². The number of hydrogen-bond acceptors (Lipinski definition) is 3. The zero-order valence-electron chi connectivity index (χ0n) is 14.3. The van der Waals surface area contributed by atoms with Gasteiger partial charge in [-0.05, 0) is 36.8 Å². The maximum absolute atomic E-state index is 12.4. The second-order valence-electron chi connectivity index (χ2n) is 6.37. The molecule has 2 aromatic carbocycles. The molecule has 1 amide bonds. The van der Waals surface area contributed by atoms with Gasteiger partial charge in [-0.1, -0.05) is 35.4 Å². The minimum Gasteiger partial charge on any atom is -0.488 e.